The minimum atomic E-state index is -0.173. The molecule has 5 rings (SSSR count). The largest absolute Gasteiger partial charge is 0.495 e. The fourth-order valence-corrected chi connectivity index (χ4v) is 5.36. The van der Waals surface area contributed by atoms with Crippen LogP contribution in [0.2, 0.25) is 0 Å². The molecule has 2 heterocycles. The first-order valence-corrected chi connectivity index (χ1v) is 13.4. The van der Waals surface area contributed by atoms with Crippen molar-refractivity contribution in [2.24, 2.45) is 5.92 Å². The molecule has 0 spiro atoms. The van der Waals surface area contributed by atoms with E-state index in [0.717, 1.165) is 74.6 Å². The van der Waals surface area contributed by atoms with E-state index in [2.05, 4.69) is 31.5 Å². The zero-order valence-corrected chi connectivity index (χ0v) is 21.9. The van der Waals surface area contributed by atoms with Gasteiger partial charge in [0.05, 0.1) is 18.4 Å². The van der Waals surface area contributed by atoms with Crippen LogP contribution in [-0.2, 0) is 11.3 Å². The number of anilines is 3. The summed E-state index contributed by atoms with van der Waals surface area (Å²) in [4.78, 5) is 34.9. The molecule has 2 N–H and O–H groups in total. The lowest BCUT2D eigenvalue weighted by Crippen LogP contribution is -2.47. The van der Waals surface area contributed by atoms with E-state index in [4.69, 9.17) is 4.74 Å². The molecule has 1 saturated heterocycles. The van der Waals surface area contributed by atoms with Crippen LogP contribution in [0.3, 0.4) is 0 Å². The Balaban J connectivity index is 1.34. The monoisotopic (exact) mass is 513 g/mol. The number of aromatic nitrogens is 1. The number of piperazine rings is 1. The Bertz CT molecular complexity index is 1250. The van der Waals surface area contributed by atoms with E-state index in [9.17, 15) is 9.59 Å². The number of hydrogen-bond acceptors (Lipinski definition) is 6. The van der Waals surface area contributed by atoms with Gasteiger partial charge in [-0.2, -0.15) is 0 Å². The number of benzene rings is 2. The number of nitrogens with zero attached hydrogens (tertiary/aromatic N) is 3. The molecule has 2 amide bonds. The van der Waals surface area contributed by atoms with E-state index in [-0.39, 0.29) is 17.7 Å². The highest BCUT2D eigenvalue weighted by Crippen LogP contribution is 2.32. The van der Waals surface area contributed by atoms with Crippen LogP contribution in [0.5, 0.6) is 5.75 Å². The topological polar surface area (TPSA) is 86.8 Å². The predicted octanol–water partition coefficient (Wildman–Crippen LogP) is 4.48. The molecular weight excluding hydrogens is 478 g/mol. The first kappa shape index (κ1) is 25.6. The molecular formula is C30H35N5O3. The molecule has 38 heavy (non-hydrogen) atoms. The average Bonchev–Trinajstić information content (AvgIpc) is 3.52. The Morgan fingerprint density at radius 1 is 0.947 bits per heavy atom. The summed E-state index contributed by atoms with van der Waals surface area (Å²) >= 11 is 0. The lowest BCUT2D eigenvalue weighted by molar-refractivity contribution is -0.119. The van der Waals surface area contributed by atoms with Crippen LogP contribution in [0.4, 0.5) is 17.1 Å². The second-order valence-electron chi connectivity index (χ2n) is 9.89. The van der Waals surface area contributed by atoms with Crippen molar-refractivity contribution in [3.05, 3.63) is 78.1 Å². The summed E-state index contributed by atoms with van der Waals surface area (Å²) in [5.41, 5.74) is 4.09. The molecule has 1 aromatic heterocycles. The van der Waals surface area contributed by atoms with E-state index < -0.39 is 0 Å². The summed E-state index contributed by atoms with van der Waals surface area (Å²) in [6.07, 6.45) is 7.51. The third-order valence-corrected chi connectivity index (χ3v) is 7.46. The molecule has 1 aliphatic heterocycles. The van der Waals surface area contributed by atoms with Gasteiger partial charge < -0.3 is 25.2 Å². The molecule has 8 heteroatoms. The van der Waals surface area contributed by atoms with Crippen LogP contribution < -0.4 is 25.2 Å². The first-order chi connectivity index (χ1) is 18.6. The lowest BCUT2D eigenvalue weighted by Gasteiger charge is -2.38. The molecule has 8 nitrogen and oxygen atoms in total. The number of rotatable bonds is 8. The number of para-hydroxylation sites is 2. The van der Waals surface area contributed by atoms with E-state index in [1.54, 1.807) is 19.5 Å². The summed E-state index contributed by atoms with van der Waals surface area (Å²) in [6.45, 7) is 3.50. The number of nitrogens with one attached hydrogen (secondary N) is 2. The quantitative estimate of drug-likeness (QED) is 0.462. The highest BCUT2D eigenvalue weighted by Gasteiger charge is 2.26. The van der Waals surface area contributed by atoms with Gasteiger partial charge in [-0.1, -0.05) is 31.0 Å². The van der Waals surface area contributed by atoms with Crippen molar-refractivity contribution in [3.63, 3.8) is 0 Å². The average molecular weight is 514 g/mol. The zero-order valence-electron chi connectivity index (χ0n) is 21.9. The molecule has 1 aliphatic carbocycles. The van der Waals surface area contributed by atoms with Gasteiger partial charge in [-0.25, -0.2) is 0 Å². The fourth-order valence-electron chi connectivity index (χ4n) is 5.36. The number of methoxy groups -OCH3 is 1. The van der Waals surface area contributed by atoms with Crippen molar-refractivity contribution >= 4 is 28.9 Å². The Kier molecular flexibility index (Phi) is 8.06. The van der Waals surface area contributed by atoms with Gasteiger partial charge in [-0.3, -0.25) is 14.6 Å². The van der Waals surface area contributed by atoms with E-state index >= 15 is 0 Å². The molecule has 0 atom stereocenters. The van der Waals surface area contributed by atoms with E-state index in [1.807, 2.05) is 48.5 Å². The number of carbonyl (C=O) groups is 2. The molecule has 2 fully saturated rings. The van der Waals surface area contributed by atoms with Gasteiger partial charge in [0.2, 0.25) is 5.91 Å². The Morgan fingerprint density at radius 3 is 2.39 bits per heavy atom. The van der Waals surface area contributed by atoms with E-state index in [0.29, 0.717) is 17.8 Å². The zero-order chi connectivity index (χ0) is 26.3. The number of ether oxygens (including phenoxy) is 1. The molecule has 0 unspecified atom stereocenters. The number of carbonyl (C=O) groups excluding carboxylic acids is 2. The summed E-state index contributed by atoms with van der Waals surface area (Å²) < 4.78 is 5.56. The SMILES string of the molecule is COc1ccccc1N1CCN(c2ccc(NC(=O)C3CCCC3)cc2C(=O)NCc2cccnc2)CC1. The van der Waals surface area contributed by atoms with Crippen LogP contribution in [0.15, 0.2) is 67.0 Å². The predicted molar refractivity (Wildman–Crippen MR) is 150 cm³/mol. The molecule has 0 radical (unpaired) electrons. The van der Waals surface area contributed by atoms with Crippen molar-refractivity contribution in [2.45, 2.75) is 32.2 Å². The highest BCUT2D eigenvalue weighted by molar-refractivity contribution is 6.02. The standard InChI is InChI=1S/C30H35N5O3/c1-38-28-11-5-4-10-27(28)35-17-15-34(16-18-35)26-13-12-24(33-29(36)23-8-2-3-9-23)19-25(26)30(37)32-21-22-7-6-14-31-20-22/h4-7,10-14,19-20,23H,2-3,8-9,15-18,21H2,1H3,(H,32,37)(H,33,36). The molecule has 3 aromatic rings. The third kappa shape index (κ3) is 5.90. The highest BCUT2D eigenvalue weighted by atomic mass is 16.5. The second kappa shape index (κ2) is 12.0. The van der Waals surface area contributed by atoms with Crippen molar-refractivity contribution in [1.29, 1.82) is 0 Å². The number of pyridine rings is 1. The van der Waals surface area contributed by atoms with Crippen LogP contribution in [0, 0.1) is 5.92 Å². The summed E-state index contributed by atoms with van der Waals surface area (Å²) in [7, 11) is 1.69. The van der Waals surface area contributed by atoms with Gasteiger partial charge in [0, 0.05) is 62.4 Å². The van der Waals surface area contributed by atoms with Gasteiger partial charge >= 0.3 is 0 Å². The molecule has 2 aliphatic rings. The molecule has 198 valence electrons. The Labute approximate surface area is 224 Å². The van der Waals surface area contributed by atoms with Gasteiger partial charge in [-0.15, -0.1) is 0 Å². The maximum atomic E-state index is 13.4. The fraction of sp³-hybridized carbons (Fsp3) is 0.367. The molecule has 0 bridgehead atoms. The summed E-state index contributed by atoms with van der Waals surface area (Å²) in [5, 5.41) is 6.09. The summed E-state index contributed by atoms with van der Waals surface area (Å²) in [5.74, 6) is 0.787. The van der Waals surface area contributed by atoms with Crippen LogP contribution in [-0.4, -0.2) is 50.1 Å². The minimum absolute atomic E-state index is 0.0439. The van der Waals surface area contributed by atoms with Gasteiger partial charge in [0.25, 0.3) is 5.91 Å². The van der Waals surface area contributed by atoms with E-state index in [1.165, 1.54) is 0 Å². The van der Waals surface area contributed by atoms with Crippen molar-refractivity contribution in [2.75, 3.05) is 48.4 Å². The maximum absolute atomic E-state index is 13.4. The van der Waals surface area contributed by atoms with Crippen molar-refractivity contribution in [3.8, 4) is 5.75 Å². The minimum Gasteiger partial charge on any atom is -0.495 e. The second-order valence-corrected chi connectivity index (χ2v) is 9.89. The van der Waals surface area contributed by atoms with Gasteiger partial charge in [0.1, 0.15) is 5.75 Å². The van der Waals surface area contributed by atoms with Crippen molar-refractivity contribution in [1.82, 2.24) is 10.3 Å². The Morgan fingerprint density at radius 2 is 1.68 bits per heavy atom. The maximum Gasteiger partial charge on any atom is 0.253 e. The third-order valence-electron chi connectivity index (χ3n) is 7.46. The lowest BCUT2D eigenvalue weighted by atomic mass is 10.1. The normalized spacial score (nSPS) is 15.8. The van der Waals surface area contributed by atoms with Crippen molar-refractivity contribution < 1.29 is 14.3 Å². The summed E-state index contributed by atoms with van der Waals surface area (Å²) in [6, 6.07) is 17.5. The smallest absolute Gasteiger partial charge is 0.253 e. The van der Waals surface area contributed by atoms with Crippen LogP contribution >= 0.6 is 0 Å². The molecule has 1 saturated carbocycles. The Hall–Kier alpha value is -4.07. The van der Waals surface area contributed by atoms with Crippen LogP contribution in [0.1, 0.15) is 41.6 Å². The van der Waals surface area contributed by atoms with Gasteiger partial charge in [0.15, 0.2) is 0 Å². The first-order valence-electron chi connectivity index (χ1n) is 13.4. The number of hydrogen-bond donors (Lipinski definition) is 2. The molecule has 2 aromatic carbocycles. The number of amides is 2. The van der Waals surface area contributed by atoms with Gasteiger partial charge in [-0.05, 0) is 54.8 Å². The van der Waals surface area contributed by atoms with Crippen LogP contribution in [0.25, 0.3) is 0 Å².